The summed E-state index contributed by atoms with van der Waals surface area (Å²) in [5.41, 5.74) is 2.57. The SMILES string of the molecule is CCCc1nccn1C(=O)CCC(=O)N[C@@H](Cc1cc(F)cc(F)c1)[C@@H](O)CNCc1cccc(CC)c1. The number of carbonyl (C=O) groups is 2. The molecule has 1 aromatic heterocycles. The van der Waals surface area contributed by atoms with E-state index in [4.69, 9.17) is 0 Å². The number of imidazole rings is 1. The number of hydrogen-bond acceptors (Lipinski definition) is 5. The van der Waals surface area contributed by atoms with Crippen LogP contribution in [0.15, 0.2) is 54.9 Å². The molecule has 1 amide bonds. The van der Waals surface area contributed by atoms with Crippen LogP contribution in [0.1, 0.15) is 60.4 Å². The van der Waals surface area contributed by atoms with E-state index in [1.54, 1.807) is 12.4 Å². The molecule has 2 aromatic carbocycles. The predicted molar refractivity (Wildman–Crippen MR) is 142 cm³/mol. The van der Waals surface area contributed by atoms with E-state index in [0.29, 0.717) is 24.4 Å². The van der Waals surface area contributed by atoms with E-state index in [2.05, 4.69) is 28.6 Å². The zero-order valence-corrected chi connectivity index (χ0v) is 21.9. The Morgan fingerprint density at radius 1 is 1.03 bits per heavy atom. The number of benzene rings is 2. The molecule has 3 rings (SSSR count). The van der Waals surface area contributed by atoms with E-state index < -0.39 is 29.7 Å². The van der Waals surface area contributed by atoms with Crippen LogP contribution in [0.2, 0.25) is 0 Å². The van der Waals surface area contributed by atoms with Gasteiger partial charge in [-0.3, -0.25) is 14.2 Å². The van der Waals surface area contributed by atoms with Crippen molar-refractivity contribution in [3.05, 3.63) is 89.0 Å². The van der Waals surface area contributed by atoms with Gasteiger partial charge in [-0.1, -0.05) is 38.1 Å². The van der Waals surface area contributed by atoms with Gasteiger partial charge in [0.2, 0.25) is 11.8 Å². The van der Waals surface area contributed by atoms with Crippen LogP contribution < -0.4 is 10.6 Å². The first-order valence-corrected chi connectivity index (χ1v) is 13.0. The Morgan fingerprint density at radius 3 is 2.47 bits per heavy atom. The number of aromatic nitrogens is 2. The lowest BCUT2D eigenvalue weighted by Crippen LogP contribution is -2.48. The zero-order valence-electron chi connectivity index (χ0n) is 21.9. The lowest BCUT2D eigenvalue weighted by Gasteiger charge is -2.25. The van der Waals surface area contributed by atoms with Gasteiger partial charge in [0, 0.05) is 50.8 Å². The monoisotopic (exact) mass is 526 g/mol. The molecule has 7 nitrogen and oxygen atoms in total. The molecule has 3 aromatic rings. The molecule has 9 heteroatoms. The number of aryl methyl sites for hydroxylation is 2. The van der Waals surface area contributed by atoms with Crippen LogP contribution in [-0.4, -0.2) is 45.2 Å². The molecule has 1 heterocycles. The number of nitrogens with zero attached hydrogens (tertiary/aromatic N) is 2. The molecule has 0 saturated heterocycles. The highest BCUT2D eigenvalue weighted by Crippen LogP contribution is 2.13. The van der Waals surface area contributed by atoms with E-state index in [9.17, 15) is 23.5 Å². The van der Waals surface area contributed by atoms with E-state index in [-0.39, 0.29) is 31.7 Å². The highest BCUT2D eigenvalue weighted by atomic mass is 19.1. The average Bonchev–Trinajstić information content (AvgIpc) is 3.35. The lowest BCUT2D eigenvalue weighted by molar-refractivity contribution is -0.122. The van der Waals surface area contributed by atoms with E-state index in [1.165, 1.54) is 22.3 Å². The number of halogens is 2. The van der Waals surface area contributed by atoms with Gasteiger partial charge in [-0.15, -0.1) is 0 Å². The van der Waals surface area contributed by atoms with E-state index in [1.807, 2.05) is 25.1 Å². The van der Waals surface area contributed by atoms with Crippen LogP contribution in [0.3, 0.4) is 0 Å². The fourth-order valence-corrected chi connectivity index (χ4v) is 4.32. The molecule has 38 heavy (non-hydrogen) atoms. The van der Waals surface area contributed by atoms with Crippen molar-refractivity contribution in [2.75, 3.05) is 6.54 Å². The molecule has 3 N–H and O–H groups in total. The minimum atomic E-state index is -1.04. The summed E-state index contributed by atoms with van der Waals surface area (Å²) < 4.78 is 29.0. The Hall–Kier alpha value is -3.43. The third-order valence-electron chi connectivity index (χ3n) is 6.30. The van der Waals surface area contributed by atoms with E-state index in [0.717, 1.165) is 24.5 Å². The summed E-state index contributed by atoms with van der Waals surface area (Å²) in [4.78, 5) is 29.6. The highest BCUT2D eigenvalue weighted by molar-refractivity contribution is 5.85. The minimum absolute atomic E-state index is 0.0186. The van der Waals surface area contributed by atoms with Gasteiger partial charge in [0.1, 0.15) is 17.5 Å². The Morgan fingerprint density at radius 2 is 1.76 bits per heavy atom. The number of rotatable bonds is 14. The smallest absolute Gasteiger partial charge is 0.232 e. The number of aliphatic hydroxyl groups excluding tert-OH is 1. The molecule has 204 valence electrons. The maximum absolute atomic E-state index is 13.8. The second-order valence-corrected chi connectivity index (χ2v) is 9.38. The molecule has 0 aliphatic rings. The molecule has 0 saturated carbocycles. The molecule has 0 aliphatic heterocycles. The summed E-state index contributed by atoms with van der Waals surface area (Å²) in [6, 6.07) is 10.4. The van der Waals surface area contributed by atoms with Gasteiger partial charge in [0.05, 0.1) is 12.1 Å². The van der Waals surface area contributed by atoms with Crippen molar-refractivity contribution >= 4 is 11.8 Å². The fraction of sp³-hybridized carbons (Fsp3) is 0.414. The van der Waals surface area contributed by atoms with E-state index >= 15 is 0 Å². The maximum Gasteiger partial charge on any atom is 0.232 e. The Labute approximate surface area is 222 Å². The summed E-state index contributed by atoms with van der Waals surface area (Å²) >= 11 is 0. The van der Waals surface area contributed by atoms with Gasteiger partial charge in [0.15, 0.2) is 0 Å². The Bertz CT molecular complexity index is 1190. The molecular weight excluding hydrogens is 490 g/mol. The fourth-order valence-electron chi connectivity index (χ4n) is 4.32. The third-order valence-corrected chi connectivity index (χ3v) is 6.30. The average molecular weight is 527 g/mol. The molecule has 0 bridgehead atoms. The van der Waals surface area contributed by atoms with Gasteiger partial charge >= 0.3 is 0 Å². The lowest BCUT2D eigenvalue weighted by atomic mass is 10.00. The maximum atomic E-state index is 13.8. The molecular formula is C29H36F2N4O3. The first-order chi connectivity index (χ1) is 18.3. The summed E-state index contributed by atoms with van der Waals surface area (Å²) in [5, 5.41) is 16.9. The molecule has 2 atom stereocenters. The first-order valence-electron chi connectivity index (χ1n) is 13.0. The van der Waals surface area contributed by atoms with Crippen molar-refractivity contribution in [1.29, 1.82) is 0 Å². The van der Waals surface area contributed by atoms with Crippen molar-refractivity contribution in [1.82, 2.24) is 20.2 Å². The standard InChI is InChI=1S/C29H36F2N4O3/c1-3-6-27-33-11-12-35(27)29(38)10-9-28(37)34-25(16-22-14-23(30)17-24(31)15-22)26(36)19-32-18-21-8-5-7-20(4-2)13-21/h5,7-8,11-15,17,25-26,32,36H,3-4,6,9-10,16,18-19H2,1-2H3,(H,34,37)/t25-,26-/m0/s1. The molecule has 0 radical (unpaired) electrons. The first kappa shape index (κ1) is 29.1. The predicted octanol–water partition coefficient (Wildman–Crippen LogP) is 3.97. The second-order valence-electron chi connectivity index (χ2n) is 9.38. The number of carbonyl (C=O) groups excluding carboxylic acids is 2. The largest absolute Gasteiger partial charge is 0.390 e. The number of aliphatic hydroxyl groups is 1. The highest BCUT2D eigenvalue weighted by Gasteiger charge is 2.23. The molecule has 0 fully saturated rings. The quantitative estimate of drug-likeness (QED) is 0.295. The van der Waals surface area contributed by atoms with Crippen LogP contribution in [0.5, 0.6) is 0 Å². The van der Waals surface area contributed by atoms with Crippen molar-refractivity contribution in [3.8, 4) is 0 Å². The molecule has 0 unspecified atom stereocenters. The van der Waals surface area contributed by atoms with Crippen LogP contribution in [-0.2, 0) is 30.6 Å². The topological polar surface area (TPSA) is 96.2 Å². The van der Waals surface area contributed by atoms with Gasteiger partial charge in [-0.05, 0) is 48.1 Å². The minimum Gasteiger partial charge on any atom is -0.390 e. The van der Waals surface area contributed by atoms with Crippen molar-refractivity contribution in [3.63, 3.8) is 0 Å². The number of amides is 1. The van der Waals surface area contributed by atoms with Crippen molar-refractivity contribution in [2.24, 2.45) is 0 Å². The van der Waals surface area contributed by atoms with Crippen molar-refractivity contribution in [2.45, 2.75) is 71.1 Å². The third kappa shape index (κ3) is 8.85. The summed E-state index contributed by atoms with van der Waals surface area (Å²) in [5.74, 6) is -1.51. The van der Waals surface area contributed by atoms with Gasteiger partial charge in [-0.2, -0.15) is 0 Å². The summed E-state index contributed by atoms with van der Waals surface area (Å²) in [7, 11) is 0. The van der Waals surface area contributed by atoms with Crippen LogP contribution in [0.25, 0.3) is 0 Å². The Balaban J connectivity index is 1.62. The molecule has 0 spiro atoms. The number of nitrogens with one attached hydrogen (secondary N) is 2. The Kier molecular flexibility index (Phi) is 11.1. The van der Waals surface area contributed by atoms with Crippen molar-refractivity contribution < 1.29 is 23.5 Å². The van der Waals surface area contributed by atoms with Gasteiger partial charge in [0.25, 0.3) is 0 Å². The normalized spacial score (nSPS) is 12.8. The summed E-state index contributed by atoms with van der Waals surface area (Å²) in [6.07, 6.45) is 4.38. The summed E-state index contributed by atoms with van der Waals surface area (Å²) in [6.45, 7) is 4.73. The van der Waals surface area contributed by atoms with Crippen LogP contribution in [0, 0.1) is 11.6 Å². The second kappa shape index (κ2) is 14.5. The van der Waals surface area contributed by atoms with Gasteiger partial charge < -0.3 is 15.7 Å². The van der Waals surface area contributed by atoms with Crippen LogP contribution in [0.4, 0.5) is 8.78 Å². The van der Waals surface area contributed by atoms with Crippen LogP contribution >= 0.6 is 0 Å². The number of hydrogen-bond donors (Lipinski definition) is 3. The zero-order chi connectivity index (χ0) is 27.5. The van der Waals surface area contributed by atoms with Gasteiger partial charge in [-0.25, -0.2) is 13.8 Å². The molecule has 0 aliphatic carbocycles.